The fourth-order valence-corrected chi connectivity index (χ4v) is 2.58. The summed E-state index contributed by atoms with van der Waals surface area (Å²) in [6, 6.07) is 14.4. The molecule has 0 N–H and O–H groups in total. The number of aromatic nitrogens is 2. The first-order valence-electron chi connectivity index (χ1n) is 7.08. The van der Waals surface area contributed by atoms with E-state index in [4.69, 9.17) is 4.74 Å². The topological polar surface area (TPSA) is 35.0 Å². The first-order chi connectivity index (χ1) is 10.2. The van der Waals surface area contributed by atoms with Crippen LogP contribution >= 0.6 is 0 Å². The summed E-state index contributed by atoms with van der Waals surface area (Å²) < 4.78 is 5.55. The van der Waals surface area contributed by atoms with E-state index in [1.165, 1.54) is 0 Å². The highest BCUT2D eigenvalue weighted by atomic mass is 16.5. The van der Waals surface area contributed by atoms with E-state index in [0.29, 0.717) is 5.92 Å². The highest BCUT2D eigenvalue weighted by Crippen LogP contribution is 2.35. The minimum Gasteiger partial charge on any atom is -0.496 e. The van der Waals surface area contributed by atoms with Crippen LogP contribution < -0.4 is 4.74 Å². The second-order valence-electron chi connectivity index (χ2n) is 5.35. The highest BCUT2D eigenvalue weighted by Gasteiger charge is 2.13. The third-order valence-electron chi connectivity index (χ3n) is 3.62. The molecular formula is C18H18N2O. The second-order valence-corrected chi connectivity index (χ2v) is 5.35. The largest absolute Gasteiger partial charge is 0.496 e. The molecule has 0 aliphatic heterocycles. The van der Waals surface area contributed by atoms with Gasteiger partial charge in [-0.15, -0.1) is 0 Å². The Morgan fingerprint density at radius 2 is 1.76 bits per heavy atom. The van der Waals surface area contributed by atoms with E-state index < -0.39 is 0 Å². The Labute approximate surface area is 124 Å². The fraction of sp³-hybridized carbons (Fsp3) is 0.222. The van der Waals surface area contributed by atoms with Gasteiger partial charge < -0.3 is 4.74 Å². The van der Waals surface area contributed by atoms with Crippen LogP contribution in [-0.4, -0.2) is 17.1 Å². The van der Waals surface area contributed by atoms with Crippen molar-refractivity contribution in [1.82, 2.24) is 9.97 Å². The molecule has 0 saturated carbocycles. The summed E-state index contributed by atoms with van der Waals surface area (Å²) in [5, 5.41) is 1.09. The Kier molecular flexibility index (Phi) is 3.57. The van der Waals surface area contributed by atoms with Gasteiger partial charge in [0.1, 0.15) is 12.1 Å². The maximum atomic E-state index is 5.55. The summed E-state index contributed by atoms with van der Waals surface area (Å²) >= 11 is 0. The number of rotatable bonds is 3. The minimum atomic E-state index is 0.354. The van der Waals surface area contributed by atoms with Crippen molar-refractivity contribution < 1.29 is 4.74 Å². The van der Waals surface area contributed by atoms with Gasteiger partial charge in [0.15, 0.2) is 0 Å². The lowest BCUT2D eigenvalue weighted by molar-refractivity contribution is 0.417. The molecule has 0 atom stereocenters. The van der Waals surface area contributed by atoms with Crippen molar-refractivity contribution in [2.75, 3.05) is 7.11 Å². The molecule has 0 fully saturated rings. The van der Waals surface area contributed by atoms with Crippen LogP contribution in [0, 0.1) is 0 Å². The molecule has 3 rings (SSSR count). The summed E-state index contributed by atoms with van der Waals surface area (Å²) in [6.45, 7) is 4.29. The molecule has 3 heteroatoms. The van der Waals surface area contributed by atoms with Gasteiger partial charge in [0.05, 0.1) is 18.3 Å². The number of hydrogen-bond donors (Lipinski definition) is 0. The third kappa shape index (κ3) is 2.47. The molecule has 2 aromatic carbocycles. The van der Waals surface area contributed by atoms with E-state index in [9.17, 15) is 0 Å². The molecule has 1 heterocycles. The first-order valence-corrected chi connectivity index (χ1v) is 7.08. The molecule has 0 unspecified atom stereocenters. The van der Waals surface area contributed by atoms with Crippen LogP contribution in [0.2, 0.25) is 0 Å². The molecule has 3 nitrogen and oxygen atoms in total. The maximum absolute atomic E-state index is 5.55. The van der Waals surface area contributed by atoms with Crippen LogP contribution in [0.25, 0.3) is 22.0 Å². The summed E-state index contributed by atoms with van der Waals surface area (Å²) in [6.07, 6.45) is 1.62. The van der Waals surface area contributed by atoms with Crippen molar-refractivity contribution in [2.24, 2.45) is 0 Å². The zero-order valence-electron chi connectivity index (χ0n) is 12.5. The highest BCUT2D eigenvalue weighted by molar-refractivity contribution is 5.89. The molecule has 0 aliphatic carbocycles. The number of benzene rings is 2. The maximum Gasteiger partial charge on any atom is 0.128 e. The molecule has 0 radical (unpaired) electrons. The van der Waals surface area contributed by atoms with Crippen LogP contribution in [0.1, 0.15) is 25.5 Å². The number of nitrogens with zero attached hydrogens (tertiary/aromatic N) is 2. The standard InChI is InChI=1S/C18H18N2O/c1-12(2)18-15-9-14(13-7-5-4-6-8-13)17(21-3)10-16(15)19-11-20-18/h4-12H,1-3H3. The van der Waals surface area contributed by atoms with E-state index in [-0.39, 0.29) is 0 Å². The van der Waals surface area contributed by atoms with Gasteiger partial charge in [-0.2, -0.15) is 0 Å². The van der Waals surface area contributed by atoms with Crippen LogP contribution in [0.4, 0.5) is 0 Å². The van der Waals surface area contributed by atoms with Crippen molar-refractivity contribution in [3.63, 3.8) is 0 Å². The summed E-state index contributed by atoms with van der Waals surface area (Å²) in [4.78, 5) is 8.82. The van der Waals surface area contributed by atoms with E-state index >= 15 is 0 Å². The average Bonchev–Trinajstić information content (AvgIpc) is 2.53. The Morgan fingerprint density at radius 1 is 1.00 bits per heavy atom. The van der Waals surface area contributed by atoms with E-state index in [1.54, 1.807) is 13.4 Å². The molecule has 0 bridgehead atoms. The molecule has 3 aromatic rings. The molecule has 106 valence electrons. The van der Waals surface area contributed by atoms with E-state index in [0.717, 1.165) is 33.5 Å². The normalized spacial score (nSPS) is 11.0. The van der Waals surface area contributed by atoms with Gasteiger partial charge in [0.2, 0.25) is 0 Å². The Balaban J connectivity index is 2.31. The SMILES string of the molecule is COc1cc2ncnc(C(C)C)c2cc1-c1ccccc1. The van der Waals surface area contributed by atoms with Gasteiger partial charge in [0, 0.05) is 17.0 Å². The van der Waals surface area contributed by atoms with Crippen molar-refractivity contribution in [1.29, 1.82) is 0 Å². The lowest BCUT2D eigenvalue weighted by Crippen LogP contribution is -1.97. The minimum absolute atomic E-state index is 0.354. The number of ether oxygens (including phenoxy) is 1. The van der Waals surface area contributed by atoms with Gasteiger partial charge >= 0.3 is 0 Å². The first kappa shape index (κ1) is 13.6. The fourth-order valence-electron chi connectivity index (χ4n) is 2.58. The molecule has 21 heavy (non-hydrogen) atoms. The van der Waals surface area contributed by atoms with Gasteiger partial charge in [-0.1, -0.05) is 44.2 Å². The summed E-state index contributed by atoms with van der Waals surface area (Å²) in [7, 11) is 1.69. The van der Waals surface area contributed by atoms with Gasteiger partial charge in [-0.05, 0) is 17.5 Å². The van der Waals surface area contributed by atoms with Gasteiger partial charge in [-0.3, -0.25) is 0 Å². The summed E-state index contributed by atoms with van der Waals surface area (Å²) in [5.74, 6) is 1.19. The van der Waals surface area contributed by atoms with Crippen LogP contribution in [-0.2, 0) is 0 Å². The van der Waals surface area contributed by atoms with E-state index in [1.807, 2.05) is 24.3 Å². The average molecular weight is 278 g/mol. The molecule has 0 spiro atoms. The van der Waals surface area contributed by atoms with Crippen LogP contribution in [0.3, 0.4) is 0 Å². The van der Waals surface area contributed by atoms with Crippen molar-refractivity contribution >= 4 is 10.9 Å². The lowest BCUT2D eigenvalue weighted by atomic mass is 9.98. The Hall–Kier alpha value is -2.42. The number of methoxy groups -OCH3 is 1. The quantitative estimate of drug-likeness (QED) is 0.711. The molecule has 0 saturated heterocycles. The third-order valence-corrected chi connectivity index (χ3v) is 3.62. The Bertz CT molecular complexity index is 767. The van der Waals surface area contributed by atoms with Gasteiger partial charge in [0.25, 0.3) is 0 Å². The predicted octanol–water partition coefficient (Wildman–Crippen LogP) is 4.43. The smallest absolute Gasteiger partial charge is 0.128 e. The Morgan fingerprint density at radius 3 is 2.43 bits per heavy atom. The second kappa shape index (κ2) is 5.52. The lowest BCUT2D eigenvalue weighted by Gasteiger charge is -2.13. The molecule has 0 amide bonds. The van der Waals surface area contributed by atoms with Crippen molar-refractivity contribution in [3.05, 3.63) is 54.5 Å². The number of hydrogen-bond acceptors (Lipinski definition) is 3. The molecular weight excluding hydrogens is 260 g/mol. The molecule has 0 aliphatic rings. The zero-order chi connectivity index (χ0) is 14.8. The monoisotopic (exact) mass is 278 g/mol. The summed E-state index contributed by atoms with van der Waals surface area (Å²) in [5.41, 5.74) is 4.20. The van der Waals surface area contributed by atoms with Crippen LogP contribution in [0.5, 0.6) is 5.75 Å². The van der Waals surface area contributed by atoms with Gasteiger partial charge in [-0.25, -0.2) is 9.97 Å². The predicted molar refractivity (Wildman–Crippen MR) is 85.6 cm³/mol. The van der Waals surface area contributed by atoms with Crippen molar-refractivity contribution in [2.45, 2.75) is 19.8 Å². The van der Waals surface area contributed by atoms with Crippen LogP contribution in [0.15, 0.2) is 48.8 Å². The van der Waals surface area contributed by atoms with Crippen molar-refractivity contribution in [3.8, 4) is 16.9 Å². The van der Waals surface area contributed by atoms with E-state index in [2.05, 4.69) is 42.0 Å². The number of fused-ring (bicyclic) bond motifs is 1. The molecule has 1 aromatic heterocycles. The zero-order valence-corrected chi connectivity index (χ0v) is 12.5.